The largest absolute Gasteiger partial charge is 0.492 e. The zero-order chi connectivity index (χ0) is 12.0. The van der Waals surface area contributed by atoms with Crippen molar-refractivity contribution in [1.82, 2.24) is 19.4 Å². The van der Waals surface area contributed by atoms with E-state index in [-0.39, 0.29) is 17.7 Å². The molecular weight excluding hydrogens is 222 g/mol. The van der Waals surface area contributed by atoms with Gasteiger partial charge in [-0.05, 0) is 12.8 Å². The van der Waals surface area contributed by atoms with E-state index in [0.717, 1.165) is 12.8 Å². The van der Waals surface area contributed by atoms with Crippen LogP contribution >= 0.6 is 0 Å². The van der Waals surface area contributed by atoms with Crippen LogP contribution in [-0.2, 0) is 0 Å². The third kappa shape index (κ3) is 1.43. The zero-order valence-corrected chi connectivity index (χ0v) is 9.11. The quantitative estimate of drug-likeness (QED) is 0.667. The number of nitrogens with two attached hydrogens (primary N) is 1. The van der Waals surface area contributed by atoms with E-state index in [4.69, 9.17) is 5.73 Å². The Kier molecular flexibility index (Phi) is 2.17. The minimum atomic E-state index is -0.204. The number of hydroxylamine groups is 2. The smallest absolute Gasteiger partial charge is 0.241 e. The Morgan fingerprint density at radius 2 is 2.29 bits per heavy atom. The molecule has 17 heavy (non-hydrogen) atoms. The van der Waals surface area contributed by atoms with Crippen LogP contribution in [0.2, 0.25) is 0 Å². The Hall–Kier alpha value is -1.86. The summed E-state index contributed by atoms with van der Waals surface area (Å²) in [6, 6.07) is -0.204. The number of hydrogen-bond acceptors (Lipinski definition) is 6. The molecule has 4 N–H and O–H groups in total. The van der Waals surface area contributed by atoms with Gasteiger partial charge in [0, 0.05) is 18.9 Å². The van der Waals surface area contributed by atoms with E-state index in [1.165, 1.54) is 5.06 Å². The van der Waals surface area contributed by atoms with Gasteiger partial charge in [-0.3, -0.25) is 4.40 Å². The Balaban J connectivity index is 2.20. The molecule has 0 amide bonds. The van der Waals surface area contributed by atoms with Crippen molar-refractivity contribution >= 4 is 11.3 Å². The second kappa shape index (κ2) is 3.57. The summed E-state index contributed by atoms with van der Waals surface area (Å²) in [5.74, 6) is 0.670. The molecule has 0 spiro atoms. The Morgan fingerprint density at radius 1 is 1.47 bits per heavy atom. The average molecular weight is 235 g/mol. The van der Waals surface area contributed by atoms with E-state index in [1.54, 1.807) is 16.8 Å². The first-order chi connectivity index (χ1) is 8.18. The van der Waals surface area contributed by atoms with Crippen LogP contribution in [-0.4, -0.2) is 36.3 Å². The number of imidazole rings is 1. The molecule has 3 rings (SSSR count). The van der Waals surface area contributed by atoms with Gasteiger partial charge in [0.2, 0.25) is 5.88 Å². The second-order valence-electron chi connectivity index (χ2n) is 4.15. The SMILES string of the molecule is Nc1nccn2c([C@@H]3CCCN3O)nc(O)c12. The Bertz CT molecular complexity index is 567. The van der Waals surface area contributed by atoms with Crippen molar-refractivity contribution in [1.29, 1.82) is 0 Å². The van der Waals surface area contributed by atoms with E-state index in [0.29, 0.717) is 17.9 Å². The molecule has 0 saturated carbocycles. The molecule has 0 unspecified atom stereocenters. The molecule has 1 atom stereocenters. The van der Waals surface area contributed by atoms with Crippen molar-refractivity contribution in [3.05, 3.63) is 18.2 Å². The number of anilines is 1. The fourth-order valence-electron chi connectivity index (χ4n) is 2.32. The van der Waals surface area contributed by atoms with Gasteiger partial charge < -0.3 is 16.0 Å². The van der Waals surface area contributed by atoms with Crippen LogP contribution in [0, 0.1) is 0 Å². The first kappa shape index (κ1) is 10.3. The number of hydrogen-bond donors (Lipinski definition) is 3. The van der Waals surface area contributed by atoms with Gasteiger partial charge in [0.15, 0.2) is 11.3 Å². The summed E-state index contributed by atoms with van der Waals surface area (Å²) in [4.78, 5) is 7.99. The molecule has 3 heterocycles. The minimum Gasteiger partial charge on any atom is -0.492 e. The lowest BCUT2D eigenvalue weighted by Gasteiger charge is -2.15. The van der Waals surface area contributed by atoms with E-state index in [1.807, 2.05) is 0 Å². The molecule has 1 saturated heterocycles. The molecule has 1 fully saturated rings. The highest BCUT2D eigenvalue weighted by Gasteiger charge is 2.29. The number of fused-ring (bicyclic) bond motifs is 1. The van der Waals surface area contributed by atoms with Crippen LogP contribution in [0.5, 0.6) is 5.88 Å². The molecule has 1 aliphatic rings. The average Bonchev–Trinajstić information content (AvgIpc) is 2.84. The van der Waals surface area contributed by atoms with E-state index < -0.39 is 0 Å². The molecule has 7 nitrogen and oxygen atoms in total. The summed E-state index contributed by atoms with van der Waals surface area (Å²) >= 11 is 0. The molecule has 2 aromatic heterocycles. The maximum atomic E-state index is 9.77. The third-order valence-corrected chi connectivity index (χ3v) is 3.11. The third-order valence-electron chi connectivity index (χ3n) is 3.11. The highest BCUT2D eigenvalue weighted by molar-refractivity contribution is 5.71. The normalized spacial score (nSPS) is 21.4. The predicted molar refractivity (Wildman–Crippen MR) is 59.5 cm³/mol. The zero-order valence-electron chi connectivity index (χ0n) is 9.11. The topological polar surface area (TPSA) is 99.9 Å². The van der Waals surface area contributed by atoms with Crippen LogP contribution in [0.3, 0.4) is 0 Å². The van der Waals surface area contributed by atoms with Crippen molar-refractivity contribution < 1.29 is 10.3 Å². The Labute approximate surface area is 97.1 Å². The fraction of sp³-hybridized carbons (Fsp3) is 0.400. The molecule has 7 heteroatoms. The summed E-state index contributed by atoms with van der Waals surface area (Å²) < 4.78 is 1.68. The fourth-order valence-corrected chi connectivity index (χ4v) is 2.32. The molecule has 0 radical (unpaired) electrons. The van der Waals surface area contributed by atoms with Gasteiger partial charge in [-0.15, -0.1) is 0 Å². The maximum absolute atomic E-state index is 9.77. The van der Waals surface area contributed by atoms with Gasteiger partial charge in [0.05, 0.1) is 6.04 Å². The molecule has 1 aliphatic heterocycles. The second-order valence-corrected chi connectivity index (χ2v) is 4.15. The van der Waals surface area contributed by atoms with E-state index in [2.05, 4.69) is 9.97 Å². The van der Waals surface area contributed by atoms with Gasteiger partial charge in [-0.25, -0.2) is 4.98 Å². The highest BCUT2D eigenvalue weighted by Crippen LogP contribution is 2.33. The molecular formula is C10H13N5O2. The van der Waals surface area contributed by atoms with E-state index >= 15 is 0 Å². The highest BCUT2D eigenvalue weighted by atomic mass is 16.5. The van der Waals surface area contributed by atoms with Gasteiger partial charge in [-0.1, -0.05) is 0 Å². The number of nitrogen functional groups attached to an aromatic ring is 1. The lowest BCUT2D eigenvalue weighted by atomic mass is 10.2. The van der Waals surface area contributed by atoms with Gasteiger partial charge in [0.1, 0.15) is 5.82 Å². The predicted octanol–water partition coefficient (Wildman–Crippen LogP) is 0.543. The van der Waals surface area contributed by atoms with Gasteiger partial charge >= 0.3 is 0 Å². The first-order valence-corrected chi connectivity index (χ1v) is 5.45. The number of aromatic nitrogens is 3. The van der Waals surface area contributed by atoms with Gasteiger partial charge in [-0.2, -0.15) is 10.0 Å². The lowest BCUT2D eigenvalue weighted by molar-refractivity contribution is -0.106. The summed E-state index contributed by atoms with van der Waals surface area (Å²) in [5, 5.41) is 20.7. The van der Waals surface area contributed by atoms with Crippen LogP contribution in [0.1, 0.15) is 24.7 Å². The van der Waals surface area contributed by atoms with Crippen LogP contribution in [0.25, 0.3) is 5.52 Å². The summed E-state index contributed by atoms with van der Waals surface area (Å²) in [7, 11) is 0. The molecule has 2 aromatic rings. The monoisotopic (exact) mass is 235 g/mol. The van der Waals surface area contributed by atoms with Crippen LogP contribution in [0.4, 0.5) is 5.82 Å². The maximum Gasteiger partial charge on any atom is 0.241 e. The van der Waals surface area contributed by atoms with Crippen molar-refractivity contribution in [2.75, 3.05) is 12.3 Å². The molecule has 90 valence electrons. The molecule has 0 aromatic carbocycles. The van der Waals surface area contributed by atoms with Crippen molar-refractivity contribution in [3.8, 4) is 5.88 Å². The summed E-state index contributed by atoms with van der Waals surface area (Å²) in [6.45, 7) is 0.612. The van der Waals surface area contributed by atoms with Crippen molar-refractivity contribution in [3.63, 3.8) is 0 Å². The summed E-state index contributed by atoms with van der Waals surface area (Å²) in [5.41, 5.74) is 6.09. The minimum absolute atomic E-state index is 0.147. The lowest BCUT2D eigenvalue weighted by Crippen LogP contribution is -2.20. The standard InChI is InChI=1S/C10H13N5O2/c11-8-7-10(16)13-9(14(7)5-3-12-8)6-2-1-4-15(6)17/h3,5-6,16-17H,1-2,4H2,(H2,11,12)/t6-/m0/s1. The van der Waals surface area contributed by atoms with Crippen LogP contribution in [0.15, 0.2) is 12.4 Å². The number of aromatic hydroxyl groups is 1. The Morgan fingerprint density at radius 3 is 3.00 bits per heavy atom. The van der Waals surface area contributed by atoms with Gasteiger partial charge in [0.25, 0.3) is 0 Å². The number of nitrogens with zero attached hydrogens (tertiary/aromatic N) is 4. The summed E-state index contributed by atoms with van der Waals surface area (Å²) in [6.07, 6.45) is 4.93. The van der Waals surface area contributed by atoms with Crippen molar-refractivity contribution in [2.45, 2.75) is 18.9 Å². The van der Waals surface area contributed by atoms with Crippen LogP contribution < -0.4 is 5.73 Å². The van der Waals surface area contributed by atoms with E-state index in [9.17, 15) is 10.3 Å². The number of rotatable bonds is 1. The molecule has 0 aliphatic carbocycles. The first-order valence-electron chi connectivity index (χ1n) is 5.45. The molecule has 0 bridgehead atoms. The van der Waals surface area contributed by atoms with Crippen molar-refractivity contribution in [2.24, 2.45) is 0 Å².